The van der Waals surface area contributed by atoms with Gasteiger partial charge in [-0.3, -0.25) is 0 Å². The molecule has 21 heavy (non-hydrogen) atoms. The number of halogens is 2. The molecule has 0 aliphatic rings. The summed E-state index contributed by atoms with van der Waals surface area (Å²) in [6, 6.07) is 11.6. The second-order valence-electron chi connectivity index (χ2n) is 5.08. The first-order chi connectivity index (χ1) is 10.0. The minimum Gasteiger partial charge on any atom is -0.484 e. The summed E-state index contributed by atoms with van der Waals surface area (Å²) in [5.74, 6) is 0.368. The van der Waals surface area contributed by atoms with Gasteiger partial charge in [-0.05, 0) is 48.7 Å². The van der Waals surface area contributed by atoms with Crippen molar-refractivity contribution < 1.29 is 9.13 Å². The number of aryl methyl sites for hydroxylation is 1. The maximum Gasteiger partial charge on any atom is 0.139 e. The lowest BCUT2D eigenvalue weighted by Gasteiger charge is -2.25. The van der Waals surface area contributed by atoms with Gasteiger partial charge in [0, 0.05) is 11.1 Å². The van der Waals surface area contributed by atoms with E-state index in [1.807, 2.05) is 26.0 Å². The highest BCUT2D eigenvalue weighted by Gasteiger charge is 2.21. The molecule has 2 atom stereocenters. The lowest BCUT2D eigenvalue weighted by Crippen LogP contribution is -2.31. The van der Waals surface area contributed by atoms with Gasteiger partial charge in [-0.25, -0.2) is 4.39 Å². The summed E-state index contributed by atoms with van der Waals surface area (Å²) >= 11 is 6.01. The molecule has 0 heterocycles. The number of benzene rings is 2. The standard InChI is InChI=1S/C17H19ClFNO/c1-3-15(20)17(12-5-4-6-14(19)9-12)21-16-10-13(18)8-7-11(16)2/h4-10,15,17H,3,20H2,1-2H3. The van der Waals surface area contributed by atoms with E-state index in [-0.39, 0.29) is 11.9 Å². The first-order valence-corrected chi connectivity index (χ1v) is 7.33. The summed E-state index contributed by atoms with van der Waals surface area (Å²) in [5.41, 5.74) is 7.84. The average molecular weight is 308 g/mol. The van der Waals surface area contributed by atoms with E-state index in [9.17, 15) is 4.39 Å². The molecule has 0 saturated heterocycles. The molecule has 2 rings (SSSR count). The fourth-order valence-corrected chi connectivity index (χ4v) is 2.30. The smallest absolute Gasteiger partial charge is 0.139 e. The normalized spacial score (nSPS) is 13.8. The maximum absolute atomic E-state index is 13.5. The summed E-state index contributed by atoms with van der Waals surface area (Å²) < 4.78 is 19.5. The van der Waals surface area contributed by atoms with Gasteiger partial charge in [0.15, 0.2) is 0 Å². The van der Waals surface area contributed by atoms with Crippen LogP contribution < -0.4 is 10.5 Å². The van der Waals surface area contributed by atoms with Gasteiger partial charge in [-0.15, -0.1) is 0 Å². The zero-order valence-electron chi connectivity index (χ0n) is 12.1. The van der Waals surface area contributed by atoms with E-state index in [1.165, 1.54) is 12.1 Å². The molecule has 0 bridgehead atoms. The van der Waals surface area contributed by atoms with Crippen LogP contribution in [0.15, 0.2) is 42.5 Å². The van der Waals surface area contributed by atoms with Crippen molar-refractivity contribution in [2.24, 2.45) is 5.73 Å². The van der Waals surface area contributed by atoms with Gasteiger partial charge in [0.2, 0.25) is 0 Å². The molecule has 2 aromatic carbocycles. The SMILES string of the molecule is CCC(N)C(Oc1cc(Cl)ccc1C)c1cccc(F)c1. The molecule has 2 N–H and O–H groups in total. The predicted molar refractivity (Wildman–Crippen MR) is 84.2 cm³/mol. The number of ether oxygens (including phenoxy) is 1. The molecule has 4 heteroatoms. The molecule has 0 amide bonds. The van der Waals surface area contributed by atoms with E-state index in [2.05, 4.69) is 0 Å². The van der Waals surface area contributed by atoms with E-state index in [0.717, 1.165) is 17.5 Å². The Morgan fingerprint density at radius 2 is 2.00 bits per heavy atom. The van der Waals surface area contributed by atoms with Crippen LogP contribution in [-0.4, -0.2) is 6.04 Å². The zero-order valence-corrected chi connectivity index (χ0v) is 12.9. The second-order valence-corrected chi connectivity index (χ2v) is 5.51. The van der Waals surface area contributed by atoms with Crippen LogP contribution in [0.25, 0.3) is 0 Å². The van der Waals surface area contributed by atoms with E-state index < -0.39 is 6.10 Å². The quantitative estimate of drug-likeness (QED) is 0.873. The number of nitrogens with two attached hydrogens (primary N) is 1. The van der Waals surface area contributed by atoms with Gasteiger partial charge in [-0.2, -0.15) is 0 Å². The van der Waals surface area contributed by atoms with Crippen molar-refractivity contribution in [3.63, 3.8) is 0 Å². The number of hydrogen-bond donors (Lipinski definition) is 1. The molecule has 0 aliphatic heterocycles. The lowest BCUT2D eigenvalue weighted by atomic mass is 10.0. The highest BCUT2D eigenvalue weighted by molar-refractivity contribution is 6.30. The molecule has 0 fully saturated rings. The molecule has 0 spiro atoms. The summed E-state index contributed by atoms with van der Waals surface area (Å²) in [4.78, 5) is 0. The Labute approximate surface area is 129 Å². The summed E-state index contributed by atoms with van der Waals surface area (Å²) in [6.07, 6.45) is 0.309. The van der Waals surface area contributed by atoms with Crippen LogP contribution in [0.4, 0.5) is 4.39 Å². The van der Waals surface area contributed by atoms with Crippen LogP contribution in [0.2, 0.25) is 5.02 Å². The van der Waals surface area contributed by atoms with Gasteiger partial charge in [0.1, 0.15) is 17.7 Å². The van der Waals surface area contributed by atoms with Crippen molar-refractivity contribution in [3.8, 4) is 5.75 Å². The van der Waals surface area contributed by atoms with Crippen molar-refractivity contribution in [1.82, 2.24) is 0 Å². The molecule has 112 valence electrons. The molecular formula is C17H19ClFNO. The number of hydrogen-bond acceptors (Lipinski definition) is 2. The Hall–Kier alpha value is -1.58. The summed E-state index contributed by atoms with van der Waals surface area (Å²) in [7, 11) is 0. The molecule has 0 saturated carbocycles. The topological polar surface area (TPSA) is 35.2 Å². The fourth-order valence-electron chi connectivity index (χ4n) is 2.14. The van der Waals surface area contributed by atoms with Crippen LogP contribution in [0.1, 0.15) is 30.6 Å². The van der Waals surface area contributed by atoms with Crippen LogP contribution in [0, 0.1) is 12.7 Å². The Bertz CT molecular complexity index is 617. The zero-order chi connectivity index (χ0) is 15.4. The third-order valence-electron chi connectivity index (χ3n) is 3.44. The predicted octanol–water partition coefficient (Wildman–Crippen LogP) is 4.64. The maximum atomic E-state index is 13.5. The highest BCUT2D eigenvalue weighted by atomic mass is 35.5. The van der Waals surface area contributed by atoms with Crippen LogP contribution in [0.3, 0.4) is 0 Å². The van der Waals surface area contributed by atoms with E-state index in [0.29, 0.717) is 10.8 Å². The molecule has 2 unspecified atom stereocenters. The minimum absolute atomic E-state index is 0.231. The van der Waals surface area contributed by atoms with Gasteiger partial charge in [0.25, 0.3) is 0 Å². The largest absolute Gasteiger partial charge is 0.484 e. The van der Waals surface area contributed by atoms with Gasteiger partial charge in [-0.1, -0.05) is 36.7 Å². The fraction of sp³-hybridized carbons (Fsp3) is 0.294. The Balaban J connectivity index is 2.35. The van der Waals surface area contributed by atoms with Crippen molar-refractivity contribution in [1.29, 1.82) is 0 Å². The van der Waals surface area contributed by atoms with E-state index >= 15 is 0 Å². The van der Waals surface area contributed by atoms with Crippen LogP contribution >= 0.6 is 11.6 Å². The van der Waals surface area contributed by atoms with Crippen LogP contribution in [-0.2, 0) is 0 Å². The van der Waals surface area contributed by atoms with Crippen molar-refractivity contribution in [3.05, 3.63) is 64.4 Å². The Morgan fingerprint density at radius 3 is 2.67 bits per heavy atom. The molecule has 0 aromatic heterocycles. The van der Waals surface area contributed by atoms with E-state index in [1.54, 1.807) is 18.2 Å². The molecule has 2 nitrogen and oxygen atoms in total. The third kappa shape index (κ3) is 3.96. The minimum atomic E-state index is -0.414. The van der Waals surface area contributed by atoms with Crippen molar-refractivity contribution in [2.75, 3.05) is 0 Å². The molecule has 0 aliphatic carbocycles. The summed E-state index contributed by atoms with van der Waals surface area (Å²) in [5, 5.41) is 0.596. The van der Waals surface area contributed by atoms with E-state index in [4.69, 9.17) is 22.1 Å². The molecule has 2 aromatic rings. The Kier molecular flexibility index (Phi) is 5.21. The lowest BCUT2D eigenvalue weighted by molar-refractivity contribution is 0.169. The third-order valence-corrected chi connectivity index (χ3v) is 3.68. The van der Waals surface area contributed by atoms with Gasteiger partial charge < -0.3 is 10.5 Å². The average Bonchev–Trinajstić information content (AvgIpc) is 2.47. The summed E-state index contributed by atoms with van der Waals surface area (Å²) in [6.45, 7) is 3.91. The van der Waals surface area contributed by atoms with Crippen LogP contribution in [0.5, 0.6) is 5.75 Å². The van der Waals surface area contributed by atoms with Gasteiger partial charge >= 0.3 is 0 Å². The Morgan fingerprint density at radius 1 is 1.24 bits per heavy atom. The van der Waals surface area contributed by atoms with Gasteiger partial charge in [0.05, 0.1) is 0 Å². The highest BCUT2D eigenvalue weighted by Crippen LogP contribution is 2.30. The molecular weight excluding hydrogens is 289 g/mol. The monoisotopic (exact) mass is 307 g/mol. The first kappa shape index (κ1) is 15.8. The number of rotatable bonds is 5. The second kappa shape index (κ2) is 6.92. The molecule has 0 radical (unpaired) electrons. The van der Waals surface area contributed by atoms with Crippen molar-refractivity contribution >= 4 is 11.6 Å². The first-order valence-electron chi connectivity index (χ1n) is 6.95. The van der Waals surface area contributed by atoms with Crippen molar-refractivity contribution in [2.45, 2.75) is 32.4 Å².